The number of primary amides is 1. The molecule has 0 aliphatic heterocycles. The summed E-state index contributed by atoms with van der Waals surface area (Å²) in [7, 11) is 0. The number of carbonyl (C=O) groups excluding carboxylic acids is 1. The summed E-state index contributed by atoms with van der Waals surface area (Å²) in [4.78, 5) is 23.6. The minimum atomic E-state index is -1.08. The molecule has 1 aliphatic carbocycles. The van der Waals surface area contributed by atoms with Crippen molar-refractivity contribution >= 4 is 12.0 Å². The highest BCUT2D eigenvalue weighted by Gasteiger charge is 2.45. The van der Waals surface area contributed by atoms with Crippen molar-refractivity contribution in [1.82, 2.24) is 4.90 Å². The summed E-state index contributed by atoms with van der Waals surface area (Å²) in [5.41, 5.74) is 4.67. The van der Waals surface area contributed by atoms with E-state index in [1.54, 1.807) is 20.8 Å². The number of carbonyl (C=O) groups is 2. The van der Waals surface area contributed by atoms with Crippen molar-refractivity contribution in [1.29, 1.82) is 0 Å². The second kappa shape index (κ2) is 3.72. The van der Waals surface area contributed by atoms with Gasteiger partial charge in [-0.3, -0.25) is 9.69 Å². The van der Waals surface area contributed by atoms with Crippen LogP contribution < -0.4 is 5.73 Å². The molecule has 1 saturated carbocycles. The van der Waals surface area contributed by atoms with Crippen molar-refractivity contribution in [3.8, 4) is 0 Å². The Morgan fingerprint density at radius 2 is 1.87 bits per heavy atom. The number of hydrogen-bond donors (Lipinski definition) is 2. The van der Waals surface area contributed by atoms with Gasteiger partial charge in [-0.05, 0) is 39.5 Å². The third kappa shape index (κ3) is 2.61. The fraction of sp³-hybridized carbons (Fsp3) is 0.800. The molecule has 0 aromatic carbocycles. The molecule has 0 aromatic rings. The lowest BCUT2D eigenvalue weighted by Crippen LogP contribution is -2.56. The maximum absolute atomic E-state index is 11.3. The number of hydrogen-bond acceptors (Lipinski definition) is 2. The van der Waals surface area contributed by atoms with E-state index in [0.29, 0.717) is 0 Å². The number of nitrogens with two attached hydrogens (primary N) is 1. The Bertz CT molecular complexity index is 279. The Morgan fingerprint density at radius 3 is 2.07 bits per heavy atom. The van der Waals surface area contributed by atoms with E-state index in [-0.39, 0.29) is 5.92 Å². The first-order chi connectivity index (χ1) is 6.75. The summed E-state index contributed by atoms with van der Waals surface area (Å²) in [5, 5.41) is 9.12. The van der Waals surface area contributed by atoms with Crippen LogP contribution in [0.2, 0.25) is 0 Å². The molecule has 5 heteroatoms. The third-order valence-corrected chi connectivity index (χ3v) is 2.57. The first-order valence-electron chi connectivity index (χ1n) is 5.06. The minimum absolute atomic E-state index is 0.109. The van der Waals surface area contributed by atoms with Gasteiger partial charge in [-0.15, -0.1) is 0 Å². The zero-order valence-electron chi connectivity index (χ0n) is 9.36. The van der Waals surface area contributed by atoms with Crippen LogP contribution in [0.15, 0.2) is 0 Å². The molecule has 0 spiro atoms. The van der Waals surface area contributed by atoms with Gasteiger partial charge in [-0.1, -0.05) is 0 Å². The Morgan fingerprint density at radius 1 is 1.40 bits per heavy atom. The van der Waals surface area contributed by atoms with Gasteiger partial charge in [-0.2, -0.15) is 0 Å². The molecule has 0 saturated heterocycles. The van der Waals surface area contributed by atoms with Crippen molar-refractivity contribution in [3.63, 3.8) is 0 Å². The second-order valence-electron chi connectivity index (χ2n) is 5.01. The van der Waals surface area contributed by atoms with E-state index in [2.05, 4.69) is 0 Å². The second-order valence-corrected chi connectivity index (χ2v) is 5.01. The number of carboxylic acid groups (broad SMARTS) is 1. The van der Waals surface area contributed by atoms with Crippen LogP contribution in [0.5, 0.6) is 0 Å². The van der Waals surface area contributed by atoms with Gasteiger partial charge in [0.15, 0.2) is 0 Å². The SMILES string of the molecule is CC(C)(C)N(C(=O)O)[C@@H](C(N)=O)C1CC1. The molecular formula is C10H18N2O3. The maximum Gasteiger partial charge on any atom is 0.408 e. The van der Waals surface area contributed by atoms with Crippen LogP contribution in [-0.4, -0.2) is 33.6 Å². The molecule has 0 aromatic heterocycles. The lowest BCUT2D eigenvalue weighted by molar-refractivity contribution is -0.125. The predicted octanol–water partition coefficient (Wildman–Crippen LogP) is 1.03. The Hall–Kier alpha value is -1.26. The highest BCUT2D eigenvalue weighted by atomic mass is 16.4. The molecule has 5 nitrogen and oxygen atoms in total. The standard InChI is InChI=1S/C10H18N2O3/c1-10(2,3)12(9(14)15)7(8(11)13)6-4-5-6/h6-7H,4-5H2,1-3H3,(H2,11,13)(H,14,15)/t7-/m1/s1. The topological polar surface area (TPSA) is 83.6 Å². The van der Waals surface area contributed by atoms with Crippen molar-refractivity contribution in [2.45, 2.75) is 45.2 Å². The van der Waals surface area contributed by atoms with E-state index in [9.17, 15) is 9.59 Å². The van der Waals surface area contributed by atoms with Crippen LogP contribution in [-0.2, 0) is 4.79 Å². The highest BCUT2D eigenvalue weighted by Crippen LogP contribution is 2.37. The van der Waals surface area contributed by atoms with Crippen LogP contribution in [0.3, 0.4) is 0 Å². The molecule has 15 heavy (non-hydrogen) atoms. The van der Waals surface area contributed by atoms with Crippen molar-refractivity contribution < 1.29 is 14.7 Å². The zero-order chi connectivity index (χ0) is 11.8. The summed E-state index contributed by atoms with van der Waals surface area (Å²) in [6.07, 6.45) is 0.680. The lowest BCUT2D eigenvalue weighted by Gasteiger charge is -2.38. The van der Waals surface area contributed by atoms with Gasteiger partial charge in [0.2, 0.25) is 5.91 Å². The molecule has 2 amide bonds. The van der Waals surface area contributed by atoms with Crippen molar-refractivity contribution in [2.24, 2.45) is 11.7 Å². The van der Waals surface area contributed by atoms with E-state index >= 15 is 0 Å². The molecule has 1 aliphatic rings. The minimum Gasteiger partial charge on any atom is -0.465 e. The van der Waals surface area contributed by atoms with E-state index < -0.39 is 23.6 Å². The smallest absolute Gasteiger partial charge is 0.408 e. The molecule has 86 valence electrons. The molecule has 1 rings (SSSR count). The molecule has 0 bridgehead atoms. The highest BCUT2D eigenvalue weighted by molar-refractivity contribution is 5.85. The summed E-state index contributed by atoms with van der Waals surface area (Å²) >= 11 is 0. The number of rotatable bonds is 3. The first-order valence-corrected chi connectivity index (χ1v) is 5.06. The van der Waals surface area contributed by atoms with Crippen LogP contribution >= 0.6 is 0 Å². The normalized spacial score (nSPS) is 18.3. The van der Waals surface area contributed by atoms with Crippen molar-refractivity contribution in [2.75, 3.05) is 0 Å². The molecule has 1 fully saturated rings. The monoisotopic (exact) mass is 214 g/mol. The summed E-state index contributed by atoms with van der Waals surface area (Å²) in [6, 6.07) is -0.678. The fourth-order valence-electron chi connectivity index (χ4n) is 1.81. The van der Waals surface area contributed by atoms with Gasteiger partial charge >= 0.3 is 6.09 Å². The quantitative estimate of drug-likeness (QED) is 0.735. The Labute approximate surface area is 89.2 Å². The van der Waals surface area contributed by atoms with E-state index in [0.717, 1.165) is 12.8 Å². The van der Waals surface area contributed by atoms with E-state index in [1.807, 2.05) is 0 Å². The predicted molar refractivity (Wildman–Crippen MR) is 55.3 cm³/mol. The average molecular weight is 214 g/mol. The third-order valence-electron chi connectivity index (χ3n) is 2.57. The Kier molecular flexibility index (Phi) is 2.93. The van der Waals surface area contributed by atoms with Crippen LogP contribution in [0, 0.1) is 5.92 Å². The van der Waals surface area contributed by atoms with Gasteiger partial charge in [0.25, 0.3) is 0 Å². The molecule has 0 unspecified atom stereocenters. The fourth-order valence-corrected chi connectivity index (χ4v) is 1.81. The first kappa shape index (κ1) is 11.8. The summed E-state index contributed by atoms with van der Waals surface area (Å²) in [6.45, 7) is 5.29. The largest absolute Gasteiger partial charge is 0.465 e. The van der Waals surface area contributed by atoms with Crippen LogP contribution in [0.1, 0.15) is 33.6 Å². The maximum atomic E-state index is 11.3. The summed E-state index contributed by atoms with van der Waals surface area (Å²) in [5.74, 6) is -0.437. The van der Waals surface area contributed by atoms with Crippen LogP contribution in [0.4, 0.5) is 4.79 Å². The van der Waals surface area contributed by atoms with Gasteiger partial charge in [-0.25, -0.2) is 4.79 Å². The summed E-state index contributed by atoms with van der Waals surface area (Å²) < 4.78 is 0. The molecule has 0 radical (unpaired) electrons. The van der Waals surface area contributed by atoms with E-state index in [1.165, 1.54) is 4.90 Å². The van der Waals surface area contributed by atoms with Crippen molar-refractivity contribution in [3.05, 3.63) is 0 Å². The van der Waals surface area contributed by atoms with Gasteiger partial charge < -0.3 is 10.8 Å². The molecule has 1 atom stereocenters. The Balaban J connectivity index is 2.94. The molecule has 3 N–H and O–H groups in total. The number of amides is 2. The van der Waals surface area contributed by atoms with Gasteiger partial charge in [0.05, 0.1) is 0 Å². The molecule has 0 heterocycles. The average Bonchev–Trinajstić information content (AvgIpc) is 2.77. The molecular weight excluding hydrogens is 196 g/mol. The van der Waals surface area contributed by atoms with Gasteiger partial charge in [0, 0.05) is 5.54 Å². The lowest BCUT2D eigenvalue weighted by atomic mass is 10.0. The van der Waals surface area contributed by atoms with Crippen LogP contribution in [0.25, 0.3) is 0 Å². The van der Waals surface area contributed by atoms with E-state index in [4.69, 9.17) is 10.8 Å². The zero-order valence-corrected chi connectivity index (χ0v) is 9.36. The van der Waals surface area contributed by atoms with Gasteiger partial charge in [0.1, 0.15) is 6.04 Å². The number of nitrogens with zero attached hydrogens (tertiary/aromatic N) is 1.